The third-order valence-corrected chi connectivity index (χ3v) is 4.75. The molecule has 0 saturated carbocycles. The number of aromatic nitrogens is 1. The SMILES string of the molecule is CCCCN(CCNc1cc(OC)cc2cccnc12)CC(C)CC. The van der Waals surface area contributed by atoms with Crippen LogP contribution in [-0.2, 0) is 0 Å². The lowest BCUT2D eigenvalue weighted by molar-refractivity contribution is 0.239. The maximum Gasteiger partial charge on any atom is 0.121 e. The molecular weight excluding hydrogens is 310 g/mol. The zero-order valence-corrected chi connectivity index (χ0v) is 16.2. The Bertz CT molecular complexity index is 644. The van der Waals surface area contributed by atoms with E-state index in [2.05, 4.69) is 42.0 Å². The minimum absolute atomic E-state index is 0.746. The van der Waals surface area contributed by atoms with Gasteiger partial charge < -0.3 is 15.0 Å². The van der Waals surface area contributed by atoms with Crippen LogP contribution in [0.2, 0.25) is 0 Å². The summed E-state index contributed by atoms with van der Waals surface area (Å²) in [5.41, 5.74) is 2.05. The molecule has 1 unspecified atom stereocenters. The van der Waals surface area contributed by atoms with E-state index in [-0.39, 0.29) is 0 Å². The fourth-order valence-electron chi connectivity index (χ4n) is 3.01. The highest BCUT2D eigenvalue weighted by Gasteiger charge is 2.10. The van der Waals surface area contributed by atoms with Crippen molar-refractivity contribution in [3.63, 3.8) is 0 Å². The molecule has 1 aromatic carbocycles. The van der Waals surface area contributed by atoms with Gasteiger partial charge in [-0.1, -0.05) is 39.7 Å². The van der Waals surface area contributed by atoms with Gasteiger partial charge in [0.05, 0.1) is 18.3 Å². The molecule has 1 atom stereocenters. The van der Waals surface area contributed by atoms with Gasteiger partial charge in [-0.3, -0.25) is 4.98 Å². The molecule has 0 spiro atoms. The molecule has 1 N–H and O–H groups in total. The van der Waals surface area contributed by atoms with Crippen LogP contribution in [0.4, 0.5) is 5.69 Å². The lowest BCUT2D eigenvalue weighted by Crippen LogP contribution is -2.33. The van der Waals surface area contributed by atoms with E-state index in [1.165, 1.54) is 32.4 Å². The fourth-order valence-corrected chi connectivity index (χ4v) is 3.01. The zero-order valence-electron chi connectivity index (χ0n) is 16.2. The fraction of sp³-hybridized carbons (Fsp3) is 0.571. The summed E-state index contributed by atoms with van der Waals surface area (Å²) in [4.78, 5) is 7.12. The van der Waals surface area contributed by atoms with Crippen molar-refractivity contribution in [1.29, 1.82) is 0 Å². The standard InChI is InChI=1S/C21H33N3O/c1-5-7-12-24(16-17(3)6-2)13-11-22-20-15-19(25-4)14-18-9-8-10-23-21(18)20/h8-10,14-15,17,22H,5-7,11-13,16H2,1-4H3. The number of hydrogen-bond donors (Lipinski definition) is 1. The summed E-state index contributed by atoms with van der Waals surface area (Å²) in [6.07, 6.45) is 5.59. The zero-order chi connectivity index (χ0) is 18.1. The van der Waals surface area contributed by atoms with Crippen LogP contribution < -0.4 is 10.1 Å². The van der Waals surface area contributed by atoms with Gasteiger partial charge >= 0.3 is 0 Å². The summed E-state index contributed by atoms with van der Waals surface area (Å²) in [5.74, 6) is 1.61. The Kier molecular flexibility index (Phi) is 7.99. The minimum Gasteiger partial charge on any atom is -0.497 e. The Morgan fingerprint density at radius 2 is 2.08 bits per heavy atom. The molecule has 1 aromatic heterocycles. The lowest BCUT2D eigenvalue weighted by Gasteiger charge is -2.25. The quantitative estimate of drug-likeness (QED) is 0.636. The van der Waals surface area contributed by atoms with Crippen LogP contribution in [-0.4, -0.2) is 43.2 Å². The van der Waals surface area contributed by atoms with E-state index < -0.39 is 0 Å². The molecule has 4 nitrogen and oxygen atoms in total. The maximum absolute atomic E-state index is 5.43. The number of unbranched alkanes of at least 4 members (excludes halogenated alkanes) is 1. The highest BCUT2D eigenvalue weighted by molar-refractivity contribution is 5.91. The second-order valence-electron chi connectivity index (χ2n) is 6.84. The monoisotopic (exact) mass is 343 g/mol. The predicted molar refractivity (Wildman–Crippen MR) is 108 cm³/mol. The highest BCUT2D eigenvalue weighted by Crippen LogP contribution is 2.27. The molecule has 0 amide bonds. The van der Waals surface area contributed by atoms with E-state index in [9.17, 15) is 0 Å². The number of fused-ring (bicyclic) bond motifs is 1. The van der Waals surface area contributed by atoms with Crippen molar-refractivity contribution in [3.05, 3.63) is 30.5 Å². The molecule has 2 aromatic rings. The number of methoxy groups -OCH3 is 1. The van der Waals surface area contributed by atoms with Crippen LogP contribution >= 0.6 is 0 Å². The summed E-state index contributed by atoms with van der Waals surface area (Å²) < 4.78 is 5.43. The first kappa shape index (κ1) is 19.5. The Labute approximate surface area is 152 Å². The van der Waals surface area contributed by atoms with Crippen LogP contribution in [0.1, 0.15) is 40.0 Å². The van der Waals surface area contributed by atoms with E-state index in [0.717, 1.165) is 41.3 Å². The predicted octanol–water partition coefficient (Wildman–Crippen LogP) is 4.80. The third-order valence-electron chi connectivity index (χ3n) is 4.75. The molecule has 138 valence electrons. The van der Waals surface area contributed by atoms with Crippen molar-refractivity contribution in [2.75, 3.05) is 38.6 Å². The maximum atomic E-state index is 5.43. The van der Waals surface area contributed by atoms with Crippen LogP contribution in [0.3, 0.4) is 0 Å². The lowest BCUT2D eigenvalue weighted by atomic mass is 10.1. The van der Waals surface area contributed by atoms with Crippen molar-refractivity contribution < 1.29 is 4.74 Å². The molecule has 4 heteroatoms. The molecule has 0 saturated heterocycles. The van der Waals surface area contributed by atoms with Crippen molar-refractivity contribution in [2.24, 2.45) is 5.92 Å². The Morgan fingerprint density at radius 3 is 2.80 bits per heavy atom. The molecule has 0 aliphatic rings. The van der Waals surface area contributed by atoms with Gasteiger partial charge in [-0.2, -0.15) is 0 Å². The van der Waals surface area contributed by atoms with Crippen molar-refractivity contribution in [2.45, 2.75) is 40.0 Å². The molecule has 0 aliphatic carbocycles. The summed E-state index contributed by atoms with van der Waals surface area (Å²) in [7, 11) is 1.71. The van der Waals surface area contributed by atoms with E-state index in [4.69, 9.17) is 4.74 Å². The van der Waals surface area contributed by atoms with E-state index in [1.807, 2.05) is 24.4 Å². The van der Waals surface area contributed by atoms with Crippen LogP contribution in [0.15, 0.2) is 30.5 Å². The van der Waals surface area contributed by atoms with Crippen LogP contribution in [0, 0.1) is 5.92 Å². The minimum atomic E-state index is 0.746. The summed E-state index contributed by atoms with van der Waals surface area (Å²) in [6.45, 7) is 11.2. The summed E-state index contributed by atoms with van der Waals surface area (Å²) in [6, 6.07) is 8.11. The summed E-state index contributed by atoms with van der Waals surface area (Å²) in [5, 5.41) is 4.68. The Hall–Kier alpha value is -1.81. The first-order valence-corrected chi connectivity index (χ1v) is 9.56. The molecular formula is C21H33N3O. The number of rotatable bonds is 11. The normalized spacial score (nSPS) is 12.5. The average Bonchev–Trinajstić information content (AvgIpc) is 2.65. The largest absolute Gasteiger partial charge is 0.497 e. The molecule has 1 heterocycles. The number of anilines is 1. The first-order chi connectivity index (χ1) is 12.2. The summed E-state index contributed by atoms with van der Waals surface area (Å²) >= 11 is 0. The van der Waals surface area contributed by atoms with Crippen molar-refractivity contribution >= 4 is 16.6 Å². The van der Waals surface area contributed by atoms with Crippen LogP contribution in [0.25, 0.3) is 10.9 Å². The first-order valence-electron chi connectivity index (χ1n) is 9.56. The van der Waals surface area contributed by atoms with Gasteiger partial charge in [0.1, 0.15) is 5.75 Å². The smallest absolute Gasteiger partial charge is 0.121 e. The van der Waals surface area contributed by atoms with Gasteiger partial charge in [0.2, 0.25) is 0 Å². The molecule has 0 aliphatic heterocycles. The molecule has 0 bridgehead atoms. The topological polar surface area (TPSA) is 37.4 Å². The van der Waals surface area contributed by atoms with Crippen LogP contribution in [0.5, 0.6) is 5.75 Å². The number of hydrogen-bond acceptors (Lipinski definition) is 4. The van der Waals surface area contributed by atoms with Gasteiger partial charge in [-0.05, 0) is 31.0 Å². The Balaban J connectivity index is 2.02. The number of ether oxygens (including phenoxy) is 1. The molecule has 25 heavy (non-hydrogen) atoms. The van der Waals surface area contributed by atoms with E-state index in [0.29, 0.717) is 0 Å². The second-order valence-corrected chi connectivity index (χ2v) is 6.84. The number of pyridine rings is 1. The van der Waals surface area contributed by atoms with Crippen molar-refractivity contribution in [3.8, 4) is 5.75 Å². The number of nitrogens with zero attached hydrogens (tertiary/aromatic N) is 2. The van der Waals surface area contributed by atoms with Gasteiger partial charge in [-0.15, -0.1) is 0 Å². The number of benzene rings is 1. The number of nitrogens with one attached hydrogen (secondary N) is 1. The van der Waals surface area contributed by atoms with Gasteiger partial charge in [0.25, 0.3) is 0 Å². The van der Waals surface area contributed by atoms with E-state index >= 15 is 0 Å². The average molecular weight is 344 g/mol. The second kappa shape index (κ2) is 10.2. The molecule has 0 fully saturated rings. The Morgan fingerprint density at radius 1 is 1.24 bits per heavy atom. The third kappa shape index (κ3) is 5.89. The molecule has 2 rings (SSSR count). The van der Waals surface area contributed by atoms with Gasteiger partial charge in [0.15, 0.2) is 0 Å². The molecule has 0 radical (unpaired) electrons. The van der Waals surface area contributed by atoms with Gasteiger partial charge in [-0.25, -0.2) is 0 Å². The van der Waals surface area contributed by atoms with Gasteiger partial charge in [0, 0.05) is 37.3 Å². The highest BCUT2D eigenvalue weighted by atomic mass is 16.5. The van der Waals surface area contributed by atoms with Crippen molar-refractivity contribution in [1.82, 2.24) is 9.88 Å². The van der Waals surface area contributed by atoms with E-state index in [1.54, 1.807) is 7.11 Å².